The average Bonchev–Trinajstić information content (AvgIpc) is 2.92. The highest BCUT2D eigenvalue weighted by atomic mass is 19.1. The van der Waals surface area contributed by atoms with Crippen LogP contribution in [0.4, 0.5) is 14.5 Å². The molecule has 2 aromatic rings. The number of benzene rings is 2. The molecular formula is C15H13F2NO3. The lowest BCUT2D eigenvalue weighted by atomic mass is 10.1. The lowest BCUT2D eigenvalue weighted by Gasteiger charge is -2.14. The number of halogens is 2. The summed E-state index contributed by atoms with van der Waals surface area (Å²) < 4.78 is 36.8. The predicted octanol–water partition coefficient (Wildman–Crippen LogP) is 2.84. The first-order valence-corrected chi connectivity index (χ1v) is 6.40. The third kappa shape index (κ3) is 2.90. The summed E-state index contributed by atoms with van der Waals surface area (Å²) in [5.74, 6) is -0.171. The van der Waals surface area contributed by atoms with Crippen molar-refractivity contribution in [1.82, 2.24) is 0 Å². The van der Waals surface area contributed by atoms with Crippen molar-refractivity contribution in [1.29, 1.82) is 0 Å². The van der Waals surface area contributed by atoms with Crippen LogP contribution in [0.3, 0.4) is 0 Å². The molecular weight excluding hydrogens is 280 g/mol. The molecule has 1 aliphatic heterocycles. The van der Waals surface area contributed by atoms with Crippen LogP contribution in [0.5, 0.6) is 11.5 Å². The van der Waals surface area contributed by atoms with Crippen LogP contribution in [0.15, 0.2) is 36.4 Å². The molecule has 0 aromatic heterocycles. The highest BCUT2D eigenvalue weighted by molar-refractivity contribution is 5.55. The molecule has 1 atom stereocenters. The Morgan fingerprint density at radius 1 is 1.10 bits per heavy atom. The topological polar surface area (TPSA) is 50.7 Å². The van der Waals surface area contributed by atoms with Crippen LogP contribution in [-0.2, 0) is 0 Å². The van der Waals surface area contributed by atoms with Gasteiger partial charge >= 0.3 is 0 Å². The molecule has 110 valence electrons. The van der Waals surface area contributed by atoms with Crippen LogP contribution >= 0.6 is 0 Å². The van der Waals surface area contributed by atoms with Crippen LogP contribution in [0.2, 0.25) is 0 Å². The van der Waals surface area contributed by atoms with E-state index in [1.54, 1.807) is 18.2 Å². The van der Waals surface area contributed by atoms with Gasteiger partial charge in [-0.05, 0) is 18.2 Å². The van der Waals surface area contributed by atoms with E-state index in [1.807, 2.05) is 0 Å². The molecule has 0 bridgehead atoms. The van der Waals surface area contributed by atoms with Crippen molar-refractivity contribution in [3.05, 3.63) is 53.6 Å². The van der Waals surface area contributed by atoms with Crippen LogP contribution in [0.1, 0.15) is 11.7 Å². The average molecular weight is 293 g/mol. The van der Waals surface area contributed by atoms with Gasteiger partial charge in [-0.2, -0.15) is 0 Å². The zero-order valence-corrected chi connectivity index (χ0v) is 11.0. The number of aliphatic hydroxyl groups is 1. The molecule has 0 spiro atoms. The Bertz CT molecular complexity index is 663. The van der Waals surface area contributed by atoms with Gasteiger partial charge in [0.2, 0.25) is 6.79 Å². The first-order valence-electron chi connectivity index (χ1n) is 6.40. The highest BCUT2D eigenvalue weighted by Crippen LogP contribution is 2.34. The van der Waals surface area contributed by atoms with E-state index >= 15 is 0 Å². The Kier molecular flexibility index (Phi) is 3.62. The maximum atomic E-state index is 13.5. The van der Waals surface area contributed by atoms with E-state index in [0.717, 1.165) is 12.1 Å². The molecule has 4 nitrogen and oxygen atoms in total. The highest BCUT2D eigenvalue weighted by Gasteiger charge is 2.15. The minimum atomic E-state index is -1.09. The van der Waals surface area contributed by atoms with Gasteiger partial charge in [-0.3, -0.25) is 0 Å². The minimum absolute atomic E-state index is 0.0460. The largest absolute Gasteiger partial charge is 0.454 e. The van der Waals surface area contributed by atoms with Crippen molar-refractivity contribution in [3.63, 3.8) is 0 Å². The van der Waals surface area contributed by atoms with Gasteiger partial charge in [0.25, 0.3) is 0 Å². The molecule has 2 N–H and O–H groups in total. The third-order valence-electron chi connectivity index (χ3n) is 3.19. The fraction of sp³-hybridized carbons (Fsp3) is 0.200. The van der Waals surface area contributed by atoms with Gasteiger partial charge in [0, 0.05) is 29.9 Å². The quantitative estimate of drug-likeness (QED) is 0.910. The first kappa shape index (κ1) is 13.6. The maximum Gasteiger partial charge on any atom is 0.231 e. The lowest BCUT2D eigenvalue weighted by molar-refractivity contribution is 0.174. The van der Waals surface area contributed by atoms with Gasteiger partial charge in [0.15, 0.2) is 11.5 Å². The predicted molar refractivity (Wildman–Crippen MR) is 72.4 cm³/mol. The summed E-state index contributed by atoms with van der Waals surface area (Å²) >= 11 is 0. The number of fused-ring (bicyclic) bond motifs is 1. The van der Waals surface area contributed by atoms with Crippen molar-refractivity contribution in [2.45, 2.75) is 6.10 Å². The summed E-state index contributed by atoms with van der Waals surface area (Å²) in [4.78, 5) is 0. The minimum Gasteiger partial charge on any atom is -0.454 e. The molecule has 3 rings (SSSR count). The van der Waals surface area contributed by atoms with Crippen LogP contribution in [0.25, 0.3) is 0 Å². The van der Waals surface area contributed by atoms with Gasteiger partial charge in [0.05, 0.1) is 6.10 Å². The Balaban J connectivity index is 1.67. The number of hydrogen-bond acceptors (Lipinski definition) is 4. The molecule has 0 aliphatic carbocycles. The molecule has 0 radical (unpaired) electrons. The SMILES string of the molecule is OC(CNc1ccc2c(c1)OCO2)c1ccc(F)cc1F. The zero-order chi connectivity index (χ0) is 14.8. The van der Waals surface area contributed by atoms with Crippen molar-refractivity contribution in [2.24, 2.45) is 0 Å². The third-order valence-corrected chi connectivity index (χ3v) is 3.19. The fourth-order valence-electron chi connectivity index (χ4n) is 2.10. The van der Waals surface area contributed by atoms with E-state index in [0.29, 0.717) is 17.2 Å². The van der Waals surface area contributed by atoms with Gasteiger partial charge < -0.3 is 19.9 Å². The monoisotopic (exact) mass is 293 g/mol. The molecule has 0 fully saturated rings. The molecule has 6 heteroatoms. The second-order valence-electron chi connectivity index (χ2n) is 4.63. The molecule has 1 unspecified atom stereocenters. The number of rotatable bonds is 4. The number of aliphatic hydroxyl groups excluding tert-OH is 1. The van der Waals surface area contributed by atoms with E-state index in [9.17, 15) is 13.9 Å². The smallest absolute Gasteiger partial charge is 0.231 e. The summed E-state index contributed by atoms with van der Waals surface area (Å²) in [5.41, 5.74) is 0.755. The zero-order valence-electron chi connectivity index (χ0n) is 11.0. The van der Waals surface area contributed by atoms with E-state index < -0.39 is 17.7 Å². The fourth-order valence-corrected chi connectivity index (χ4v) is 2.10. The summed E-state index contributed by atoms with van der Waals surface area (Å²) in [6.45, 7) is 0.268. The standard InChI is InChI=1S/C15H13F2NO3/c16-9-1-3-11(12(17)5-9)13(19)7-18-10-2-4-14-15(6-10)21-8-20-14/h1-6,13,18-19H,7-8H2. The van der Waals surface area contributed by atoms with E-state index in [4.69, 9.17) is 9.47 Å². The number of nitrogens with one attached hydrogen (secondary N) is 1. The molecule has 0 saturated carbocycles. The molecule has 1 aliphatic rings. The van der Waals surface area contributed by atoms with Gasteiger partial charge in [-0.1, -0.05) is 6.07 Å². The number of ether oxygens (including phenoxy) is 2. The summed E-state index contributed by atoms with van der Waals surface area (Å²) in [5, 5.41) is 12.9. The van der Waals surface area contributed by atoms with Crippen molar-refractivity contribution < 1.29 is 23.4 Å². The van der Waals surface area contributed by atoms with Crippen molar-refractivity contribution in [2.75, 3.05) is 18.7 Å². The summed E-state index contributed by atoms with van der Waals surface area (Å²) in [6.07, 6.45) is -1.09. The molecule has 2 aromatic carbocycles. The van der Waals surface area contributed by atoms with Crippen molar-refractivity contribution in [3.8, 4) is 11.5 Å². The first-order chi connectivity index (χ1) is 10.1. The Morgan fingerprint density at radius 2 is 1.90 bits per heavy atom. The maximum absolute atomic E-state index is 13.5. The Hall–Kier alpha value is -2.34. The number of anilines is 1. The molecule has 21 heavy (non-hydrogen) atoms. The summed E-state index contributed by atoms with van der Waals surface area (Å²) in [6, 6.07) is 8.34. The second kappa shape index (κ2) is 5.57. The summed E-state index contributed by atoms with van der Waals surface area (Å²) in [7, 11) is 0. The normalized spacial score (nSPS) is 14.0. The van der Waals surface area contributed by atoms with Crippen LogP contribution < -0.4 is 14.8 Å². The van der Waals surface area contributed by atoms with E-state index in [2.05, 4.69) is 5.32 Å². The molecule has 0 saturated heterocycles. The number of hydrogen-bond donors (Lipinski definition) is 2. The van der Waals surface area contributed by atoms with Gasteiger partial charge in [-0.25, -0.2) is 8.78 Å². The van der Waals surface area contributed by atoms with Crippen LogP contribution in [-0.4, -0.2) is 18.4 Å². The Morgan fingerprint density at radius 3 is 2.71 bits per heavy atom. The second-order valence-corrected chi connectivity index (χ2v) is 4.63. The Labute approximate surface area is 119 Å². The van der Waals surface area contributed by atoms with Gasteiger partial charge in [0.1, 0.15) is 11.6 Å². The lowest BCUT2D eigenvalue weighted by Crippen LogP contribution is -2.13. The van der Waals surface area contributed by atoms with Gasteiger partial charge in [-0.15, -0.1) is 0 Å². The van der Waals surface area contributed by atoms with Crippen molar-refractivity contribution >= 4 is 5.69 Å². The van der Waals surface area contributed by atoms with E-state index in [-0.39, 0.29) is 18.9 Å². The molecule has 0 amide bonds. The van der Waals surface area contributed by atoms with Crippen LogP contribution in [0, 0.1) is 11.6 Å². The molecule has 1 heterocycles. The van der Waals surface area contributed by atoms with E-state index in [1.165, 1.54) is 6.07 Å².